The number of hydrogen-bond donors (Lipinski definition) is 1. The molecular weight excluding hydrogens is 178 g/mol. The Morgan fingerprint density at radius 1 is 1.43 bits per heavy atom. The normalized spacial score (nSPS) is 18.2. The van der Waals surface area contributed by atoms with E-state index in [4.69, 9.17) is 4.74 Å². The molecule has 1 aromatic heterocycles. The maximum Gasteiger partial charge on any atom is 0.152 e. The number of aliphatic hydroxyl groups is 1. The van der Waals surface area contributed by atoms with Gasteiger partial charge < -0.3 is 9.84 Å². The minimum atomic E-state index is -0.712. The van der Waals surface area contributed by atoms with Gasteiger partial charge in [-0.3, -0.25) is 4.98 Å². The molecule has 0 bridgehead atoms. The number of pyridine rings is 1. The lowest BCUT2D eigenvalue weighted by molar-refractivity contribution is 0.0894. The summed E-state index contributed by atoms with van der Waals surface area (Å²) in [6, 6.07) is 5.48. The highest BCUT2D eigenvalue weighted by molar-refractivity contribution is 5.16. The third-order valence-electron chi connectivity index (χ3n) is 2.20. The molecule has 0 aromatic carbocycles. The van der Waals surface area contributed by atoms with Crippen LogP contribution in [0, 0.1) is 0 Å². The highest BCUT2D eigenvalue weighted by Gasteiger charge is 2.17. The lowest BCUT2D eigenvalue weighted by Crippen LogP contribution is -2.10. The molecule has 1 atom stereocenters. The third-order valence-corrected chi connectivity index (χ3v) is 2.20. The molecule has 0 radical (unpaired) electrons. The summed E-state index contributed by atoms with van der Waals surface area (Å²) in [4.78, 5) is 4.08. The molecule has 0 saturated heterocycles. The van der Waals surface area contributed by atoms with Gasteiger partial charge in [0, 0.05) is 6.20 Å². The van der Waals surface area contributed by atoms with Crippen molar-refractivity contribution in [2.45, 2.75) is 18.9 Å². The molecule has 74 valence electrons. The van der Waals surface area contributed by atoms with Crippen LogP contribution in [0.15, 0.2) is 36.2 Å². The van der Waals surface area contributed by atoms with Gasteiger partial charge >= 0.3 is 0 Å². The maximum absolute atomic E-state index is 9.89. The van der Waals surface area contributed by atoms with Gasteiger partial charge in [-0.1, -0.05) is 6.07 Å². The Kier molecular flexibility index (Phi) is 2.79. The van der Waals surface area contributed by atoms with Crippen molar-refractivity contribution in [1.29, 1.82) is 0 Å². The van der Waals surface area contributed by atoms with Crippen LogP contribution in [0.5, 0.6) is 0 Å². The number of aromatic nitrogens is 1. The van der Waals surface area contributed by atoms with Crippen molar-refractivity contribution in [3.05, 3.63) is 41.9 Å². The summed E-state index contributed by atoms with van der Waals surface area (Å²) in [5, 5.41) is 9.89. The van der Waals surface area contributed by atoms with E-state index < -0.39 is 6.10 Å². The number of aliphatic hydroxyl groups excluding tert-OH is 1. The molecule has 2 rings (SSSR count). The van der Waals surface area contributed by atoms with Crippen LogP contribution in [-0.4, -0.2) is 16.7 Å². The Morgan fingerprint density at radius 2 is 2.36 bits per heavy atom. The summed E-state index contributed by atoms with van der Waals surface area (Å²) in [7, 11) is 0. The molecule has 14 heavy (non-hydrogen) atoms. The topological polar surface area (TPSA) is 42.4 Å². The second-order valence-electron chi connectivity index (χ2n) is 3.25. The predicted molar refractivity (Wildman–Crippen MR) is 52.5 cm³/mol. The van der Waals surface area contributed by atoms with E-state index in [0.29, 0.717) is 18.1 Å². The molecule has 0 spiro atoms. The van der Waals surface area contributed by atoms with Crippen LogP contribution in [0.3, 0.4) is 0 Å². The number of nitrogens with zero attached hydrogens (tertiary/aromatic N) is 1. The zero-order valence-corrected chi connectivity index (χ0v) is 7.89. The van der Waals surface area contributed by atoms with Gasteiger partial charge in [0.15, 0.2) is 6.10 Å². The van der Waals surface area contributed by atoms with E-state index in [9.17, 15) is 5.11 Å². The molecule has 0 aliphatic carbocycles. The quantitative estimate of drug-likeness (QED) is 0.775. The van der Waals surface area contributed by atoms with E-state index in [1.54, 1.807) is 12.3 Å². The lowest BCUT2D eigenvalue weighted by atomic mass is 10.1. The summed E-state index contributed by atoms with van der Waals surface area (Å²) in [6.07, 6.45) is 4.89. The second-order valence-corrected chi connectivity index (χ2v) is 3.25. The molecule has 0 saturated carbocycles. The van der Waals surface area contributed by atoms with E-state index in [1.807, 2.05) is 18.2 Å². The Hall–Kier alpha value is -1.35. The zero-order valence-electron chi connectivity index (χ0n) is 7.89. The SMILES string of the molecule is OC(C1=CCCCO1)c1ccccn1. The first-order chi connectivity index (χ1) is 6.88. The van der Waals surface area contributed by atoms with Gasteiger partial charge in [-0.15, -0.1) is 0 Å². The number of rotatable bonds is 2. The number of hydrogen-bond acceptors (Lipinski definition) is 3. The van der Waals surface area contributed by atoms with Crippen molar-refractivity contribution in [2.24, 2.45) is 0 Å². The van der Waals surface area contributed by atoms with Crippen molar-refractivity contribution in [3.63, 3.8) is 0 Å². The van der Waals surface area contributed by atoms with Crippen LogP contribution in [0.1, 0.15) is 24.6 Å². The lowest BCUT2D eigenvalue weighted by Gasteiger charge is -2.19. The summed E-state index contributed by atoms with van der Waals surface area (Å²) < 4.78 is 5.37. The van der Waals surface area contributed by atoms with E-state index in [1.165, 1.54) is 0 Å². The molecule has 0 amide bonds. The smallest absolute Gasteiger partial charge is 0.152 e. The molecule has 1 aliphatic rings. The molecule has 1 unspecified atom stereocenters. The zero-order chi connectivity index (χ0) is 9.80. The van der Waals surface area contributed by atoms with Crippen molar-refractivity contribution in [2.75, 3.05) is 6.61 Å². The maximum atomic E-state index is 9.89. The number of ether oxygens (including phenoxy) is 1. The minimum Gasteiger partial charge on any atom is -0.495 e. The van der Waals surface area contributed by atoms with Crippen molar-refractivity contribution in [1.82, 2.24) is 4.98 Å². The van der Waals surface area contributed by atoms with Gasteiger partial charge in [-0.25, -0.2) is 0 Å². The Balaban J connectivity index is 2.15. The molecule has 1 aromatic rings. The highest BCUT2D eigenvalue weighted by Crippen LogP contribution is 2.23. The molecule has 2 heterocycles. The molecule has 0 fully saturated rings. The molecule has 1 N–H and O–H groups in total. The van der Waals surface area contributed by atoms with Crippen molar-refractivity contribution in [3.8, 4) is 0 Å². The number of allylic oxidation sites excluding steroid dienone is 1. The Bertz CT molecular complexity index is 321. The first kappa shape index (κ1) is 9.21. The molecule has 1 aliphatic heterocycles. The average molecular weight is 191 g/mol. The van der Waals surface area contributed by atoms with E-state index >= 15 is 0 Å². The summed E-state index contributed by atoms with van der Waals surface area (Å²) in [5.74, 6) is 0.634. The van der Waals surface area contributed by atoms with Gasteiger partial charge in [0.1, 0.15) is 5.76 Å². The van der Waals surface area contributed by atoms with Gasteiger partial charge in [0.25, 0.3) is 0 Å². The summed E-state index contributed by atoms with van der Waals surface area (Å²) in [5.41, 5.74) is 0.639. The Labute approximate surface area is 83.1 Å². The van der Waals surface area contributed by atoms with Crippen LogP contribution >= 0.6 is 0 Å². The van der Waals surface area contributed by atoms with E-state index in [0.717, 1.165) is 12.8 Å². The third kappa shape index (κ3) is 1.93. The fourth-order valence-corrected chi connectivity index (χ4v) is 1.45. The standard InChI is InChI=1S/C11H13NO2/c13-11(9-5-1-3-7-12-9)10-6-2-4-8-14-10/h1,3,5-7,11,13H,2,4,8H2. The van der Waals surface area contributed by atoms with Crippen molar-refractivity contribution < 1.29 is 9.84 Å². The van der Waals surface area contributed by atoms with Gasteiger partial charge in [0.05, 0.1) is 12.3 Å². The van der Waals surface area contributed by atoms with Crippen LogP contribution in [-0.2, 0) is 4.74 Å². The average Bonchev–Trinajstić information content (AvgIpc) is 2.30. The molecular formula is C11H13NO2. The Morgan fingerprint density at radius 3 is 3.00 bits per heavy atom. The van der Waals surface area contributed by atoms with E-state index in [-0.39, 0.29) is 0 Å². The van der Waals surface area contributed by atoms with Gasteiger partial charge in [0.2, 0.25) is 0 Å². The monoisotopic (exact) mass is 191 g/mol. The van der Waals surface area contributed by atoms with E-state index in [2.05, 4.69) is 4.98 Å². The second kappa shape index (κ2) is 4.24. The first-order valence-corrected chi connectivity index (χ1v) is 4.80. The highest BCUT2D eigenvalue weighted by atomic mass is 16.5. The molecule has 3 heteroatoms. The first-order valence-electron chi connectivity index (χ1n) is 4.80. The molecule has 3 nitrogen and oxygen atoms in total. The van der Waals surface area contributed by atoms with Gasteiger partial charge in [-0.2, -0.15) is 0 Å². The summed E-state index contributed by atoms with van der Waals surface area (Å²) in [6.45, 7) is 0.690. The largest absolute Gasteiger partial charge is 0.495 e. The van der Waals surface area contributed by atoms with Crippen LogP contribution < -0.4 is 0 Å². The minimum absolute atomic E-state index is 0.634. The van der Waals surface area contributed by atoms with Crippen molar-refractivity contribution >= 4 is 0 Å². The van der Waals surface area contributed by atoms with Gasteiger partial charge in [-0.05, 0) is 31.1 Å². The van der Waals surface area contributed by atoms with Crippen LogP contribution in [0.25, 0.3) is 0 Å². The van der Waals surface area contributed by atoms with Crippen LogP contribution in [0.4, 0.5) is 0 Å². The van der Waals surface area contributed by atoms with Crippen LogP contribution in [0.2, 0.25) is 0 Å². The summed E-state index contributed by atoms with van der Waals surface area (Å²) >= 11 is 0. The predicted octanol–water partition coefficient (Wildman–Crippen LogP) is 1.81. The fraction of sp³-hybridized carbons (Fsp3) is 0.364. The fourth-order valence-electron chi connectivity index (χ4n) is 1.45.